The van der Waals surface area contributed by atoms with E-state index in [2.05, 4.69) is 18.8 Å². The fourth-order valence-corrected chi connectivity index (χ4v) is 2.56. The van der Waals surface area contributed by atoms with Gasteiger partial charge in [-0.15, -0.1) is 0 Å². The molecule has 0 unspecified atom stereocenters. The van der Waals surface area contributed by atoms with Crippen molar-refractivity contribution in [2.24, 2.45) is 5.73 Å². The monoisotopic (exact) mass is 304 g/mol. The zero-order valence-corrected chi connectivity index (χ0v) is 13.4. The summed E-state index contributed by atoms with van der Waals surface area (Å²) in [6, 6.07) is 7.80. The van der Waals surface area contributed by atoms with Crippen molar-refractivity contribution in [3.8, 4) is 11.6 Å². The van der Waals surface area contributed by atoms with E-state index < -0.39 is 0 Å². The third kappa shape index (κ3) is 3.96. The number of hydrogen-bond acceptors (Lipinski definition) is 3. The molecule has 0 amide bonds. The van der Waals surface area contributed by atoms with Crippen LogP contribution < -0.4 is 10.5 Å². The van der Waals surface area contributed by atoms with E-state index in [1.54, 1.807) is 6.20 Å². The third-order valence-electron chi connectivity index (χ3n) is 3.36. The van der Waals surface area contributed by atoms with Gasteiger partial charge in [-0.05, 0) is 54.6 Å². The zero-order valence-electron chi connectivity index (χ0n) is 12.7. The molecule has 0 fully saturated rings. The van der Waals surface area contributed by atoms with Gasteiger partial charge in [0.2, 0.25) is 5.88 Å². The van der Waals surface area contributed by atoms with E-state index in [0.717, 1.165) is 33.9 Å². The standard InChI is InChI=1S/C17H21ClN2O/c1-11(2)14-9-16(12(3)8-15(14)18)21-17-5-4-13(6-7-19)10-20-17/h4-5,8-11H,6-7,19H2,1-3H3. The minimum absolute atomic E-state index is 0.348. The fraction of sp³-hybridized carbons (Fsp3) is 0.353. The molecule has 0 atom stereocenters. The number of benzene rings is 1. The van der Waals surface area contributed by atoms with Crippen molar-refractivity contribution in [3.05, 3.63) is 52.2 Å². The van der Waals surface area contributed by atoms with Gasteiger partial charge < -0.3 is 10.5 Å². The van der Waals surface area contributed by atoms with Crippen LogP contribution in [0, 0.1) is 6.92 Å². The first-order valence-corrected chi connectivity index (χ1v) is 7.52. The van der Waals surface area contributed by atoms with Crippen molar-refractivity contribution >= 4 is 11.6 Å². The van der Waals surface area contributed by atoms with Gasteiger partial charge in [0.15, 0.2) is 0 Å². The molecule has 4 heteroatoms. The van der Waals surface area contributed by atoms with Crippen molar-refractivity contribution in [2.75, 3.05) is 6.54 Å². The van der Waals surface area contributed by atoms with Crippen molar-refractivity contribution in [2.45, 2.75) is 33.1 Å². The maximum Gasteiger partial charge on any atom is 0.219 e. The van der Waals surface area contributed by atoms with Crippen LogP contribution in [-0.4, -0.2) is 11.5 Å². The molecule has 0 radical (unpaired) electrons. The molecular formula is C17H21ClN2O. The summed E-state index contributed by atoms with van der Waals surface area (Å²) >= 11 is 6.27. The van der Waals surface area contributed by atoms with Crippen LogP contribution in [0.15, 0.2) is 30.5 Å². The van der Waals surface area contributed by atoms with Crippen LogP contribution in [0.5, 0.6) is 11.6 Å². The SMILES string of the molecule is Cc1cc(Cl)c(C(C)C)cc1Oc1ccc(CCN)cn1. The molecule has 112 valence electrons. The van der Waals surface area contributed by atoms with E-state index >= 15 is 0 Å². The number of halogens is 1. The Kier molecular flexibility index (Phi) is 5.21. The van der Waals surface area contributed by atoms with Gasteiger partial charge in [-0.3, -0.25) is 0 Å². The first kappa shape index (κ1) is 15.8. The summed E-state index contributed by atoms with van der Waals surface area (Å²) in [5.41, 5.74) is 8.72. The Hall–Kier alpha value is -1.58. The molecule has 2 aromatic rings. The number of pyridine rings is 1. The first-order valence-electron chi connectivity index (χ1n) is 7.14. The summed E-state index contributed by atoms with van der Waals surface area (Å²) in [7, 11) is 0. The Morgan fingerprint density at radius 1 is 1.29 bits per heavy atom. The Morgan fingerprint density at radius 3 is 2.62 bits per heavy atom. The van der Waals surface area contributed by atoms with E-state index in [4.69, 9.17) is 22.1 Å². The minimum atomic E-state index is 0.348. The lowest BCUT2D eigenvalue weighted by Gasteiger charge is -2.14. The van der Waals surface area contributed by atoms with E-state index in [1.165, 1.54) is 0 Å². The second-order valence-electron chi connectivity index (χ2n) is 5.44. The highest BCUT2D eigenvalue weighted by atomic mass is 35.5. The first-order chi connectivity index (χ1) is 10.0. The molecule has 1 aromatic carbocycles. The molecule has 0 saturated carbocycles. The minimum Gasteiger partial charge on any atom is -0.439 e. The van der Waals surface area contributed by atoms with Gasteiger partial charge >= 0.3 is 0 Å². The molecule has 0 aliphatic rings. The maximum absolute atomic E-state index is 6.27. The normalized spacial score (nSPS) is 11.0. The number of ether oxygens (including phenoxy) is 1. The maximum atomic E-state index is 6.27. The predicted octanol–water partition coefficient (Wildman–Crippen LogP) is 4.46. The van der Waals surface area contributed by atoms with Gasteiger partial charge in [0.1, 0.15) is 5.75 Å². The van der Waals surface area contributed by atoms with Crippen LogP contribution in [-0.2, 0) is 6.42 Å². The Balaban J connectivity index is 2.24. The van der Waals surface area contributed by atoms with Gasteiger partial charge in [-0.1, -0.05) is 31.5 Å². The Labute approximate surface area is 131 Å². The largest absolute Gasteiger partial charge is 0.439 e. The molecule has 2 N–H and O–H groups in total. The summed E-state index contributed by atoms with van der Waals surface area (Å²) in [6.07, 6.45) is 2.63. The molecule has 2 rings (SSSR count). The molecular weight excluding hydrogens is 284 g/mol. The number of nitrogens with two attached hydrogens (primary N) is 1. The van der Waals surface area contributed by atoms with E-state index in [9.17, 15) is 0 Å². The molecule has 0 aliphatic heterocycles. The van der Waals surface area contributed by atoms with Gasteiger partial charge in [-0.25, -0.2) is 4.98 Å². The van der Waals surface area contributed by atoms with Crippen LogP contribution in [0.2, 0.25) is 5.02 Å². The second-order valence-corrected chi connectivity index (χ2v) is 5.85. The fourth-order valence-electron chi connectivity index (χ4n) is 2.12. The lowest BCUT2D eigenvalue weighted by Crippen LogP contribution is -2.03. The molecule has 0 saturated heterocycles. The number of nitrogens with zero attached hydrogens (tertiary/aromatic N) is 1. The van der Waals surface area contributed by atoms with Crippen molar-refractivity contribution in [1.82, 2.24) is 4.98 Å². The van der Waals surface area contributed by atoms with Crippen LogP contribution in [0.1, 0.15) is 36.5 Å². The lowest BCUT2D eigenvalue weighted by molar-refractivity contribution is 0.458. The molecule has 1 heterocycles. The highest BCUT2D eigenvalue weighted by Crippen LogP contribution is 2.33. The summed E-state index contributed by atoms with van der Waals surface area (Å²) in [5, 5.41) is 0.779. The van der Waals surface area contributed by atoms with Crippen molar-refractivity contribution in [1.29, 1.82) is 0 Å². The van der Waals surface area contributed by atoms with E-state index in [-0.39, 0.29) is 0 Å². The topological polar surface area (TPSA) is 48.1 Å². The lowest BCUT2D eigenvalue weighted by atomic mass is 10.0. The molecule has 0 bridgehead atoms. The van der Waals surface area contributed by atoms with Gasteiger partial charge in [-0.2, -0.15) is 0 Å². The summed E-state index contributed by atoms with van der Waals surface area (Å²) in [6.45, 7) is 6.82. The predicted molar refractivity (Wildman–Crippen MR) is 87.3 cm³/mol. The molecule has 0 spiro atoms. The second kappa shape index (κ2) is 6.92. The van der Waals surface area contributed by atoms with Crippen LogP contribution in [0.4, 0.5) is 0 Å². The van der Waals surface area contributed by atoms with Crippen molar-refractivity contribution < 1.29 is 4.74 Å². The third-order valence-corrected chi connectivity index (χ3v) is 3.69. The van der Waals surface area contributed by atoms with E-state index in [1.807, 2.05) is 31.2 Å². The molecule has 1 aromatic heterocycles. The van der Waals surface area contributed by atoms with Gasteiger partial charge in [0.25, 0.3) is 0 Å². The molecule has 21 heavy (non-hydrogen) atoms. The molecule has 0 aliphatic carbocycles. The van der Waals surface area contributed by atoms with E-state index in [0.29, 0.717) is 18.3 Å². The average molecular weight is 305 g/mol. The summed E-state index contributed by atoms with van der Waals surface area (Å²) in [4.78, 5) is 4.32. The van der Waals surface area contributed by atoms with Crippen LogP contribution >= 0.6 is 11.6 Å². The van der Waals surface area contributed by atoms with Crippen LogP contribution in [0.3, 0.4) is 0 Å². The van der Waals surface area contributed by atoms with Crippen LogP contribution in [0.25, 0.3) is 0 Å². The zero-order chi connectivity index (χ0) is 15.4. The quantitative estimate of drug-likeness (QED) is 0.887. The molecule has 3 nitrogen and oxygen atoms in total. The Morgan fingerprint density at radius 2 is 2.05 bits per heavy atom. The summed E-state index contributed by atoms with van der Waals surface area (Å²) < 4.78 is 5.89. The summed E-state index contributed by atoms with van der Waals surface area (Å²) in [5.74, 6) is 1.72. The highest BCUT2D eigenvalue weighted by Gasteiger charge is 2.11. The number of aromatic nitrogens is 1. The number of aryl methyl sites for hydroxylation is 1. The Bertz CT molecular complexity index is 609. The highest BCUT2D eigenvalue weighted by molar-refractivity contribution is 6.31. The number of hydrogen-bond donors (Lipinski definition) is 1. The smallest absolute Gasteiger partial charge is 0.219 e. The van der Waals surface area contributed by atoms with Gasteiger partial charge in [0, 0.05) is 17.3 Å². The number of rotatable bonds is 5. The van der Waals surface area contributed by atoms with Crippen molar-refractivity contribution in [3.63, 3.8) is 0 Å². The average Bonchev–Trinajstić information content (AvgIpc) is 2.43. The van der Waals surface area contributed by atoms with Gasteiger partial charge in [0.05, 0.1) is 0 Å².